The first kappa shape index (κ1) is 21.7. The molecule has 0 spiro atoms. The van der Waals surface area contributed by atoms with E-state index in [1.807, 2.05) is 42.5 Å². The van der Waals surface area contributed by atoms with Gasteiger partial charge in [0.2, 0.25) is 5.91 Å². The minimum Gasteiger partial charge on any atom is -0.321 e. The molecule has 1 aliphatic heterocycles. The highest BCUT2D eigenvalue weighted by Crippen LogP contribution is 2.42. The van der Waals surface area contributed by atoms with Gasteiger partial charge in [-0.3, -0.25) is 14.5 Å². The molecule has 7 heteroatoms. The predicted molar refractivity (Wildman–Crippen MR) is 128 cm³/mol. The zero-order chi connectivity index (χ0) is 22.5. The molecule has 0 radical (unpaired) electrons. The minimum atomic E-state index is -0.562. The van der Waals surface area contributed by atoms with Gasteiger partial charge in [-0.2, -0.15) is 5.26 Å². The summed E-state index contributed by atoms with van der Waals surface area (Å²) in [7, 11) is 0. The van der Waals surface area contributed by atoms with Crippen molar-refractivity contribution >= 4 is 46.6 Å². The van der Waals surface area contributed by atoms with Crippen molar-refractivity contribution in [3.63, 3.8) is 0 Å². The molecule has 0 aliphatic carbocycles. The van der Waals surface area contributed by atoms with Gasteiger partial charge in [-0.25, -0.2) is 0 Å². The molecule has 0 bridgehead atoms. The Morgan fingerprint density at radius 2 is 1.62 bits per heavy atom. The second kappa shape index (κ2) is 9.73. The number of amides is 2. The van der Waals surface area contributed by atoms with Gasteiger partial charge in [0, 0.05) is 16.4 Å². The van der Waals surface area contributed by atoms with Crippen LogP contribution >= 0.6 is 23.4 Å². The second-order valence-electron chi connectivity index (χ2n) is 7.06. The van der Waals surface area contributed by atoms with Gasteiger partial charge in [-0.05, 0) is 48.4 Å². The van der Waals surface area contributed by atoms with Crippen LogP contribution in [-0.2, 0) is 16.0 Å². The zero-order valence-corrected chi connectivity index (χ0v) is 18.4. The number of hydrogen-bond acceptors (Lipinski definition) is 4. The van der Waals surface area contributed by atoms with Gasteiger partial charge in [-0.15, -0.1) is 0 Å². The summed E-state index contributed by atoms with van der Waals surface area (Å²) in [5.41, 5.74) is 2.01. The van der Waals surface area contributed by atoms with E-state index >= 15 is 0 Å². The lowest BCUT2D eigenvalue weighted by Crippen LogP contribution is -2.30. The van der Waals surface area contributed by atoms with Crippen molar-refractivity contribution in [3.8, 4) is 6.07 Å². The van der Waals surface area contributed by atoms with E-state index in [1.165, 1.54) is 16.7 Å². The van der Waals surface area contributed by atoms with Gasteiger partial charge in [0.05, 0.1) is 5.25 Å². The maximum atomic E-state index is 13.4. The fraction of sp³-hybridized carbons (Fsp3) is 0.0800. The van der Waals surface area contributed by atoms with Crippen molar-refractivity contribution in [2.45, 2.75) is 11.7 Å². The molecule has 0 aromatic heterocycles. The zero-order valence-electron chi connectivity index (χ0n) is 16.9. The van der Waals surface area contributed by atoms with Crippen LogP contribution in [0, 0.1) is 11.3 Å². The highest BCUT2D eigenvalue weighted by Gasteiger charge is 2.40. The van der Waals surface area contributed by atoms with Crippen molar-refractivity contribution in [1.82, 2.24) is 0 Å². The third kappa shape index (κ3) is 4.70. The van der Waals surface area contributed by atoms with Crippen LogP contribution in [0.4, 0.5) is 11.4 Å². The molecule has 32 heavy (non-hydrogen) atoms. The number of nitriles is 1. The van der Waals surface area contributed by atoms with E-state index in [0.717, 1.165) is 5.56 Å². The summed E-state index contributed by atoms with van der Waals surface area (Å²) in [4.78, 5) is 27.8. The first-order chi connectivity index (χ1) is 15.6. The Balaban J connectivity index is 1.73. The number of carbonyl (C=O) groups excluding carboxylic acids is 2. The van der Waals surface area contributed by atoms with E-state index in [4.69, 9.17) is 11.6 Å². The molecule has 1 N–H and O–H groups in total. The number of carbonyl (C=O) groups is 2. The van der Waals surface area contributed by atoms with Crippen LogP contribution in [-0.4, -0.2) is 17.1 Å². The lowest BCUT2D eigenvalue weighted by molar-refractivity contribution is -0.117. The summed E-state index contributed by atoms with van der Waals surface area (Å²) in [5, 5.41) is 13.0. The van der Waals surface area contributed by atoms with Crippen molar-refractivity contribution in [1.29, 1.82) is 5.26 Å². The van der Waals surface area contributed by atoms with E-state index in [-0.39, 0.29) is 11.5 Å². The molecular weight excluding hydrogens is 442 g/mol. The first-order valence-electron chi connectivity index (χ1n) is 9.87. The summed E-state index contributed by atoms with van der Waals surface area (Å²) >= 11 is 7.25. The number of anilines is 2. The molecule has 0 saturated carbocycles. The average Bonchev–Trinajstić information content (AvgIpc) is 3.12. The summed E-state index contributed by atoms with van der Waals surface area (Å²) in [6.45, 7) is 0. The lowest BCUT2D eigenvalue weighted by atomic mass is 10.1. The number of para-hydroxylation sites is 1. The fourth-order valence-electron chi connectivity index (χ4n) is 3.36. The van der Waals surface area contributed by atoms with E-state index in [1.54, 1.807) is 48.5 Å². The Morgan fingerprint density at radius 3 is 2.25 bits per heavy atom. The minimum absolute atomic E-state index is 0.113. The van der Waals surface area contributed by atoms with Crippen LogP contribution < -0.4 is 10.2 Å². The molecule has 3 aromatic rings. The molecule has 0 unspecified atom stereocenters. The largest absolute Gasteiger partial charge is 0.321 e. The molecule has 1 fully saturated rings. The number of halogens is 1. The van der Waals surface area contributed by atoms with Crippen LogP contribution in [0.3, 0.4) is 0 Å². The number of thioether (sulfide) groups is 1. The van der Waals surface area contributed by atoms with Crippen LogP contribution in [0.5, 0.6) is 0 Å². The van der Waals surface area contributed by atoms with E-state index < -0.39 is 11.2 Å². The first-order valence-corrected chi connectivity index (χ1v) is 11.1. The molecule has 1 aliphatic rings. The van der Waals surface area contributed by atoms with Crippen LogP contribution in [0.1, 0.15) is 5.56 Å². The van der Waals surface area contributed by atoms with Crippen LogP contribution in [0.15, 0.2) is 95.5 Å². The summed E-state index contributed by atoms with van der Waals surface area (Å²) in [6.07, 6.45) is 0.483. The van der Waals surface area contributed by atoms with Crippen LogP contribution in [0.25, 0.3) is 0 Å². The second-order valence-corrected chi connectivity index (χ2v) is 8.69. The third-order valence-electron chi connectivity index (χ3n) is 4.89. The topological polar surface area (TPSA) is 73.2 Å². The molecule has 1 saturated heterocycles. The smallest absolute Gasteiger partial charge is 0.269 e. The number of benzene rings is 3. The number of hydrogen-bond donors (Lipinski definition) is 1. The highest BCUT2D eigenvalue weighted by atomic mass is 35.5. The Labute approximate surface area is 195 Å². The van der Waals surface area contributed by atoms with Gasteiger partial charge in [0.1, 0.15) is 16.7 Å². The molecule has 1 atom stereocenters. The van der Waals surface area contributed by atoms with Crippen molar-refractivity contribution < 1.29 is 9.59 Å². The van der Waals surface area contributed by atoms with E-state index in [0.29, 0.717) is 27.8 Å². The summed E-state index contributed by atoms with van der Waals surface area (Å²) in [5.74, 6) is -0.746. The Morgan fingerprint density at radius 1 is 1.00 bits per heavy atom. The molecular formula is C25H18ClN3O2S. The predicted octanol–water partition coefficient (Wildman–Crippen LogP) is 5.40. The molecule has 5 nitrogen and oxygen atoms in total. The van der Waals surface area contributed by atoms with Crippen molar-refractivity contribution in [2.24, 2.45) is 0 Å². The standard InChI is InChI=1S/C25H18ClN3O2S/c26-18-11-13-20(14-12-18)29-24(31)22(15-17-7-3-1-4-8-17)32-25(29)21(16-27)23(30)28-19-9-5-2-6-10-19/h1-14,22H,15H2,(H,28,30)/b25-21-/t22-/m0/s1. The molecule has 158 valence electrons. The monoisotopic (exact) mass is 459 g/mol. The normalized spacial score (nSPS) is 17.1. The summed E-state index contributed by atoms with van der Waals surface area (Å²) in [6, 6.07) is 27.3. The number of rotatable bonds is 5. The Hall–Kier alpha value is -3.53. The van der Waals surface area contributed by atoms with E-state index in [9.17, 15) is 14.9 Å². The lowest BCUT2D eigenvalue weighted by Gasteiger charge is -2.18. The van der Waals surface area contributed by atoms with Crippen LogP contribution in [0.2, 0.25) is 5.02 Å². The summed E-state index contributed by atoms with van der Waals surface area (Å²) < 4.78 is 0. The molecule has 3 aromatic carbocycles. The fourth-order valence-corrected chi connectivity index (χ4v) is 4.79. The maximum Gasteiger partial charge on any atom is 0.269 e. The third-order valence-corrected chi connectivity index (χ3v) is 6.40. The van der Waals surface area contributed by atoms with Gasteiger partial charge in [0.25, 0.3) is 5.91 Å². The molecule has 4 rings (SSSR count). The van der Waals surface area contributed by atoms with Gasteiger partial charge in [0.15, 0.2) is 0 Å². The van der Waals surface area contributed by atoms with Gasteiger partial charge >= 0.3 is 0 Å². The highest BCUT2D eigenvalue weighted by molar-refractivity contribution is 8.05. The van der Waals surface area contributed by atoms with Gasteiger partial charge < -0.3 is 5.32 Å². The number of nitrogens with one attached hydrogen (secondary N) is 1. The molecule has 2 amide bonds. The van der Waals surface area contributed by atoms with E-state index in [2.05, 4.69) is 5.32 Å². The SMILES string of the molecule is N#C/C(C(=O)Nc1ccccc1)=C1/S[C@@H](Cc2ccccc2)C(=O)N1c1ccc(Cl)cc1. The Bertz CT molecular complexity index is 1210. The van der Waals surface area contributed by atoms with Crippen molar-refractivity contribution in [3.05, 3.63) is 106 Å². The average molecular weight is 460 g/mol. The quantitative estimate of drug-likeness (QED) is 0.409. The molecule has 1 heterocycles. The number of nitrogens with zero attached hydrogens (tertiary/aromatic N) is 2. The Kier molecular flexibility index (Phi) is 6.60. The van der Waals surface area contributed by atoms with Gasteiger partial charge in [-0.1, -0.05) is 71.9 Å². The maximum absolute atomic E-state index is 13.4. The van der Waals surface area contributed by atoms with Crippen molar-refractivity contribution in [2.75, 3.05) is 10.2 Å².